The van der Waals surface area contributed by atoms with E-state index in [1.165, 1.54) is 23.6 Å². The molecule has 0 radical (unpaired) electrons. The lowest BCUT2D eigenvalue weighted by Crippen LogP contribution is -2.41. The van der Waals surface area contributed by atoms with E-state index >= 15 is 0 Å². The fraction of sp³-hybridized carbons (Fsp3) is 1.00. The summed E-state index contributed by atoms with van der Waals surface area (Å²) in [5.41, 5.74) is 0. The highest BCUT2D eigenvalue weighted by Gasteiger charge is 2.20. The van der Waals surface area contributed by atoms with Gasteiger partial charge in [-0.1, -0.05) is 33.1 Å². The molecule has 0 saturated heterocycles. The molecule has 0 bridgehead atoms. The maximum atomic E-state index is 12.1. The van der Waals surface area contributed by atoms with Gasteiger partial charge in [0, 0.05) is 26.2 Å². The molecule has 0 unspecified atom stereocenters. The summed E-state index contributed by atoms with van der Waals surface area (Å²) in [6.45, 7) is 6.18. The van der Waals surface area contributed by atoms with E-state index in [9.17, 15) is 8.42 Å². The van der Waals surface area contributed by atoms with Gasteiger partial charge in [-0.05, 0) is 31.7 Å². The topological polar surface area (TPSA) is 61.4 Å². The molecule has 0 spiro atoms. The highest BCUT2D eigenvalue weighted by Crippen LogP contribution is 2.22. The molecule has 0 heterocycles. The van der Waals surface area contributed by atoms with Crippen LogP contribution in [-0.2, 0) is 10.2 Å². The minimum Gasteiger partial charge on any atom is -0.314 e. The molecule has 6 heteroatoms. The van der Waals surface area contributed by atoms with Crippen molar-refractivity contribution in [3.63, 3.8) is 0 Å². The van der Waals surface area contributed by atoms with Crippen LogP contribution in [0, 0.1) is 5.92 Å². The predicted octanol–water partition coefficient (Wildman–Crippen LogP) is 1.72. The van der Waals surface area contributed by atoms with Gasteiger partial charge in [-0.2, -0.15) is 12.7 Å². The first-order chi connectivity index (χ1) is 9.42. The third-order valence-electron chi connectivity index (χ3n) is 3.89. The van der Waals surface area contributed by atoms with E-state index in [0.717, 1.165) is 25.8 Å². The second kappa shape index (κ2) is 8.97. The summed E-state index contributed by atoms with van der Waals surface area (Å²) in [5, 5.41) is 3.29. The van der Waals surface area contributed by atoms with Crippen molar-refractivity contribution in [1.82, 2.24) is 14.3 Å². The van der Waals surface area contributed by atoms with E-state index in [0.29, 0.717) is 25.0 Å². The zero-order chi connectivity index (χ0) is 15.0. The normalized spacial score (nSPS) is 18.1. The van der Waals surface area contributed by atoms with Crippen LogP contribution in [0.15, 0.2) is 0 Å². The monoisotopic (exact) mass is 305 g/mol. The Morgan fingerprint density at radius 1 is 1.20 bits per heavy atom. The van der Waals surface area contributed by atoms with Crippen molar-refractivity contribution in [3.8, 4) is 0 Å². The molecule has 1 fully saturated rings. The average Bonchev–Trinajstić information content (AvgIpc) is 2.42. The van der Waals surface area contributed by atoms with Crippen molar-refractivity contribution < 1.29 is 8.42 Å². The van der Waals surface area contributed by atoms with E-state index in [4.69, 9.17) is 0 Å². The Labute approximate surface area is 124 Å². The number of nitrogens with zero attached hydrogens (tertiary/aromatic N) is 1. The molecule has 1 saturated carbocycles. The Bertz CT molecular complexity index is 351. The molecule has 5 nitrogen and oxygen atoms in total. The maximum Gasteiger partial charge on any atom is 0.279 e. The van der Waals surface area contributed by atoms with Crippen molar-refractivity contribution in [2.45, 2.75) is 58.4 Å². The van der Waals surface area contributed by atoms with Crippen LogP contribution in [0.5, 0.6) is 0 Å². The number of hydrogen-bond donors (Lipinski definition) is 2. The molecule has 1 rings (SSSR count). The van der Waals surface area contributed by atoms with Gasteiger partial charge in [-0.15, -0.1) is 0 Å². The molecule has 0 aromatic rings. The fourth-order valence-electron chi connectivity index (χ4n) is 2.54. The van der Waals surface area contributed by atoms with Crippen LogP contribution in [0.4, 0.5) is 0 Å². The quantitative estimate of drug-likeness (QED) is 0.638. The second-order valence-corrected chi connectivity index (χ2v) is 8.00. The Morgan fingerprint density at radius 3 is 2.45 bits per heavy atom. The van der Waals surface area contributed by atoms with Crippen molar-refractivity contribution in [2.75, 3.05) is 26.7 Å². The van der Waals surface area contributed by atoms with E-state index < -0.39 is 10.2 Å². The lowest BCUT2D eigenvalue weighted by molar-refractivity contribution is 0.352. The second-order valence-electron chi connectivity index (χ2n) is 6.14. The van der Waals surface area contributed by atoms with Gasteiger partial charge in [0.1, 0.15) is 0 Å². The average molecular weight is 305 g/mol. The van der Waals surface area contributed by atoms with Gasteiger partial charge < -0.3 is 5.32 Å². The van der Waals surface area contributed by atoms with Gasteiger partial charge in [0.25, 0.3) is 10.2 Å². The first kappa shape index (κ1) is 17.9. The van der Waals surface area contributed by atoms with E-state index in [1.54, 1.807) is 7.05 Å². The van der Waals surface area contributed by atoms with Crippen LogP contribution in [-0.4, -0.2) is 45.4 Å². The fourth-order valence-corrected chi connectivity index (χ4v) is 3.57. The van der Waals surface area contributed by atoms with Crippen LogP contribution < -0.4 is 10.0 Å². The lowest BCUT2D eigenvalue weighted by Gasteiger charge is -2.24. The molecule has 0 aromatic carbocycles. The lowest BCUT2D eigenvalue weighted by atomic mass is 9.90. The van der Waals surface area contributed by atoms with E-state index in [-0.39, 0.29) is 0 Å². The van der Waals surface area contributed by atoms with Crippen LogP contribution in [0.25, 0.3) is 0 Å². The molecule has 0 aromatic heterocycles. The Kier molecular flexibility index (Phi) is 8.02. The predicted molar refractivity (Wildman–Crippen MR) is 83.9 cm³/mol. The summed E-state index contributed by atoms with van der Waals surface area (Å²) < 4.78 is 28.4. The smallest absolute Gasteiger partial charge is 0.279 e. The van der Waals surface area contributed by atoms with Crippen LogP contribution in [0.3, 0.4) is 0 Å². The minimum atomic E-state index is -3.30. The van der Waals surface area contributed by atoms with Gasteiger partial charge in [-0.3, -0.25) is 0 Å². The van der Waals surface area contributed by atoms with Gasteiger partial charge in [0.2, 0.25) is 0 Å². The van der Waals surface area contributed by atoms with Gasteiger partial charge in [0.15, 0.2) is 0 Å². The summed E-state index contributed by atoms with van der Waals surface area (Å²) in [5.74, 6) is 0.523. The van der Waals surface area contributed by atoms with E-state index in [2.05, 4.69) is 23.9 Å². The number of hydrogen-bond acceptors (Lipinski definition) is 3. The van der Waals surface area contributed by atoms with Gasteiger partial charge in [0.05, 0.1) is 0 Å². The Morgan fingerprint density at radius 2 is 1.85 bits per heavy atom. The molecule has 1 aliphatic carbocycles. The molecule has 120 valence electrons. The van der Waals surface area contributed by atoms with Crippen LogP contribution in [0.2, 0.25) is 0 Å². The summed E-state index contributed by atoms with van der Waals surface area (Å²) in [6, 6.07) is 0.446. The maximum absolute atomic E-state index is 12.1. The summed E-state index contributed by atoms with van der Waals surface area (Å²) in [7, 11) is -1.65. The Balaban J connectivity index is 2.23. The molecule has 0 atom stereocenters. The number of rotatable bonds is 9. The largest absolute Gasteiger partial charge is 0.314 e. The highest BCUT2D eigenvalue weighted by atomic mass is 32.2. The molecule has 20 heavy (non-hydrogen) atoms. The van der Waals surface area contributed by atoms with Crippen molar-refractivity contribution in [3.05, 3.63) is 0 Å². The van der Waals surface area contributed by atoms with Crippen LogP contribution >= 0.6 is 0 Å². The summed E-state index contributed by atoms with van der Waals surface area (Å²) >= 11 is 0. The van der Waals surface area contributed by atoms with Gasteiger partial charge in [-0.25, -0.2) is 4.72 Å². The molecule has 0 aliphatic heterocycles. The van der Waals surface area contributed by atoms with E-state index in [1.807, 2.05) is 0 Å². The summed E-state index contributed by atoms with van der Waals surface area (Å²) in [6.07, 6.45) is 6.92. The first-order valence-corrected chi connectivity index (χ1v) is 9.30. The highest BCUT2D eigenvalue weighted by molar-refractivity contribution is 7.87. The zero-order valence-corrected chi connectivity index (χ0v) is 14.0. The van der Waals surface area contributed by atoms with Crippen molar-refractivity contribution in [2.24, 2.45) is 5.92 Å². The van der Waals surface area contributed by atoms with Crippen molar-refractivity contribution >= 4 is 10.2 Å². The first-order valence-electron chi connectivity index (χ1n) is 7.86. The molecular formula is C14H31N3O2S. The zero-order valence-electron chi connectivity index (χ0n) is 13.2. The molecule has 2 N–H and O–H groups in total. The third kappa shape index (κ3) is 7.02. The standard InChI is InChI=1S/C14H31N3O2S/c1-13(2)15-10-7-11-17(3)20(18,19)16-12-14-8-5-4-6-9-14/h13-16H,4-12H2,1-3H3. The molecular weight excluding hydrogens is 274 g/mol. The molecule has 0 amide bonds. The number of nitrogens with one attached hydrogen (secondary N) is 2. The molecule has 1 aliphatic rings. The van der Waals surface area contributed by atoms with Crippen molar-refractivity contribution in [1.29, 1.82) is 0 Å². The van der Waals surface area contributed by atoms with Crippen LogP contribution in [0.1, 0.15) is 52.4 Å². The minimum absolute atomic E-state index is 0.446. The third-order valence-corrected chi connectivity index (χ3v) is 5.43. The van der Waals surface area contributed by atoms with Gasteiger partial charge >= 0.3 is 0 Å². The summed E-state index contributed by atoms with van der Waals surface area (Å²) in [4.78, 5) is 0. The Hall–Kier alpha value is -0.170. The SMILES string of the molecule is CC(C)NCCCN(C)S(=O)(=O)NCC1CCCCC1.